The van der Waals surface area contributed by atoms with Gasteiger partial charge in [-0.25, -0.2) is 0 Å². The molecule has 1 aromatic rings. The second-order valence-electron chi connectivity index (χ2n) is 4.21. The van der Waals surface area contributed by atoms with Crippen molar-refractivity contribution >= 4 is 11.8 Å². The predicted molar refractivity (Wildman–Crippen MR) is 65.8 cm³/mol. The first-order chi connectivity index (χ1) is 8.74. The van der Waals surface area contributed by atoms with Gasteiger partial charge in [0.2, 0.25) is 0 Å². The van der Waals surface area contributed by atoms with Crippen LogP contribution in [0, 0.1) is 0 Å². The molecule has 1 N–H and O–H groups in total. The lowest BCUT2D eigenvalue weighted by Crippen LogP contribution is -2.32. The first-order valence-electron chi connectivity index (χ1n) is 5.88. The molecular weight excluding hydrogens is 256 g/mol. The van der Waals surface area contributed by atoms with E-state index in [0.717, 1.165) is 5.75 Å². The van der Waals surface area contributed by atoms with Crippen molar-refractivity contribution in [2.45, 2.75) is 30.6 Å². The number of rotatable bonds is 3. The fourth-order valence-corrected chi connectivity index (χ4v) is 3.53. The van der Waals surface area contributed by atoms with Gasteiger partial charge in [-0.2, -0.15) is 16.7 Å². The summed E-state index contributed by atoms with van der Waals surface area (Å²) in [5, 5.41) is 9.40. The largest absolute Gasteiger partial charge is 0.455 e. The number of aliphatic hydroxyl groups is 1. The summed E-state index contributed by atoms with van der Waals surface area (Å²) in [6.07, 6.45) is 0.899. The van der Waals surface area contributed by atoms with E-state index in [4.69, 9.17) is 9.47 Å². The van der Waals surface area contributed by atoms with Crippen LogP contribution >= 0.6 is 11.8 Å². The predicted octanol–water partition coefficient (Wildman–Crippen LogP) is 0.0157. The highest BCUT2D eigenvalue weighted by Gasteiger charge is 2.51. The second-order valence-corrected chi connectivity index (χ2v) is 5.66. The van der Waals surface area contributed by atoms with E-state index in [9.17, 15) is 9.90 Å². The molecule has 0 spiro atoms. The number of ether oxygens (including phenoxy) is 2. The highest BCUT2D eigenvalue weighted by atomic mass is 32.2. The van der Waals surface area contributed by atoms with Crippen LogP contribution in [0.25, 0.3) is 0 Å². The molecular formula is C11H14N2O4S. The zero-order valence-corrected chi connectivity index (χ0v) is 10.7. The highest BCUT2D eigenvalue weighted by molar-refractivity contribution is 8.00. The fraction of sp³-hybridized carbons (Fsp3) is 0.636. The molecule has 3 heterocycles. The molecule has 6 nitrogen and oxygen atoms in total. The van der Waals surface area contributed by atoms with Crippen LogP contribution in [0.2, 0.25) is 0 Å². The fourth-order valence-electron chi connectivity index (χ4n) is 2.40. The van der Waals surface area contributed by atoms with Crippen molar-refractivity contribution in [3.05, 3.63) is 22.6 Å². The Labute approximate surface area is 108 Å². The maximum atomic E-state index is 11.2. The van der Waals surface area contributed by atoms with E-state index in [1.165, 1.54) is 6.07 Å². The maximum Gasteiger partial charge on any atom is 0.302 e. The molecule has 0 saturated carbocycles. The Kier molecular flexibility index (Phi) is 3.04. The van der Waals surface area contributed by atoms with Gasteiger partial charge in [-0.3, -0.25) is 9.36 Å². The average molecular weight is 270 g/mol. The third kappa shape index (κ3) is 1.73. The first-order valence-corrected chi connectivity index (χ1v) is 6.93. The minimum absolute atomic E-state index is 0.0308. The van der Waals surface area contributed by atoms with Gasteiger partial charge in [0.25, 0.3) is 5.56 Å². The van der Waals surface area contributed by atoms with Crippen LogP contribution in [-0.2, 0) is 4.74 Å². The third-order valence-corrected chi connectivity index (χ3v) is 4.43. The molecule has 1 saturated heterocycles. The molecule has 7 heteroatoms. The van der Waals surface area contributed by atoms with E-state index in [0.29, 0.717) is 6.01 Å². The standard InChI is InChI=1S/C11H14N2O4S/c1-2-18-9-6(5-14)16-10-8(9)17-11-12-7(15)3-4-13(10)11/h3-4,6,8-10,14H,2,5H2,1H3/t6-,8+,9-,10-/m1/s1. The van der Waals surface area contributed by atoms with Gasteiger partial charge in [0.05, 0.1) is 18.0 Å². The summed E-state index contributed by atoms with van der Waals surface area (Å²) in [6, 6.07) is 1.68. The molecule has 0 amide bonds. The number of hydrogen-bond acceptors (Lipinski definition) is 6. The van der Waals surface area contributed by atoms with E-state index < -0.39 is 0 Å². The Morgan fingerprint density at radius 2 is 2.44 bits per heavy atom. The molecule has 0 bridgehead atoms. The van der Waals surface area contributed by atoms with Crippen LogP contribution in [0.3, 0.4) is 0 Å². The number of nitrogens with zero attached hydrogens (tertiary/aromatic N) is 2. The van der Waals surface area contributed by atoms with Crippen molar-refractivity contribution in [2.75, 3.05) is 12.4 Å². The van der Waals surface area contributed by atoms with E-state index in [1.807, 2.05) is 0 Å². The van der Waals surface area contributed by atoms with Crippen molar-refractivity contribution < 1.29 is 14.6 Å². The average Bonchev–Trinajstić information content (AvgIpc) is 2.86. The number of aliphatic hydroxyl groups excluding tert-OH is 1. The lowest BCUT2D eigenvalue weighted by atomic mass is 10.2. The molecule has 1 fully saturated rings. The molecule has 98 valence electrons. The Morgan fingerprint density at radius 3 is 3.17 bits per heavy atom. The van der Waals surface area contributed by atoms with Crippen LogP contribution in [-0.4, -0.2) is 44.5 Å². The first kappa shape index (κ1) is 12.0. The molecule has 1 aromatic heterocycles. The van der Waals surface area contributed by atoms with Gasteiger partial charge >= 0.3 is 6.01 Å². The number of fused-ring (bicyclic) bond motifs is 3. The van der Waals surface area contributed by atoms with E-state index in [1.54, 1.807) is 22.5 Å². The summed E-state index contributed by atoms with van der Waals surface area (Å²) in [6.45, 7) is 2.02. The molecule has 0 unspecified atom stereocenters. The zero-order valence-electron chi connectivity index (χ0n) is 9.85. The second kappa shape index (κ2) is 4.56. The summed E-state index contributed by atoms with van der Waals surface area (Å²) in [5.74, 6) is 0.915. The SMILES string of the molecule is CCS[C@H]1[C@@H]2Oc3nc(=O)ccn3[C@@H]2O[C@@H]1CO. The molecule has 0 aliphatic carbocycles. The van der Waals surface area contributed by atoms with Crippen LogP contribution in [0.4, 0.5) is 0 Å². The summed E-state index contributed by atoms with van der Waals surface area (Å²) in [7, 11) is 0. The summed E-state index contributed by atoms with van der Waals surface area (Å²) >= 11 is 1.69. The molecule has 2 aliphatic heterocycles. The molecule has 4 atom stereocenters. The molecule has 2 aliphatic rings. The van der Waals surface area contributed by atoms with Crippen molar-refractivity contribution in [1.29, 1.82) is 0 Å². The van der Waals surface area contributed by atoms with Crippen molar-refractivity contribution in [1.82, 2.24) is 9.55 Å². The van der Waals surface area contributed by atoms with Gasteiger partial charge in [-0.05, 0) is 5.75 Å². The summed E-state index contributed by atoms with van der Waals surface area (Å²) < 4.78 is 13.2. The van der Waals surface area contributed by atoms with Gasteiger partial charge in [0, 0.05) is 12.3 Å². The minimum atomic E-state index is -0.320. The van der Waals surface area contributed by atoms with Crippen molar-refractivity contribution in [3.8, 4) is 6.01 Å². The normalized spacial score (nSPS) is 33.0. The van der Waals surface area contributed by atoms with Crippen LogP contribution in [0.15, 0.2) is 17.1 Å². The van der Waals surface area contributed by atoms with E-state index >= 15 is 0 Å². The van der Waals surface area contributed by atoms with Crippen molar-refractivity contribution in [2.24, 2.45) is 0 Å². The lowest BCUT2D eigenvalue weighted by Gasteiger charge is -2.18. The monoisotopic (exact) mass is 270 g/mol. The van der Waals surface area contributed by atoms with E-state index in [-0.39, 0.29) is 35.9 Å². The van der Waals surface area contributed by atoms with Gasteiger partial charge in [-0.15, -0.1) is 0 Å². The zero-order chi connectivity index (χ0) is 12.7. The minimum Gasteiger partial charge on any atom is -0.455 e. The third-order valence-electron chi connectivity index (χ3n) is 3.14. The van der Waals surface area contributed by atoms with Crippen molar-refractivity contribution in [3.63, 3.8) is 0 Å². The number of thioether (sulfide) groups is 1. The van der Waals surface area contributed by atoms with Gasteiger partial charge < -0.3 is 14.6 Å². The van der Waals surface area contributed by atoms with Gasteiger partial charge in [0.15, 0.2) is 12.3 Å². The van der Waals surface area contributed by atoms with E-state index in [2.05, 4.69) is 11.9 Å². The van der Waals surface area contributed by atoms with Crippen LogP contribution < -0.4 is 10.3 Å². The Bertz CT molecular complexity index is 506. The molecule has 18 heavy (non-hydrogen) atoms. The number of hydrogen-bond donors (Lipinski definition) is 1. The Hall–Kier alpha value is -1.05. The topological polar surface area (TPSA) is 73.6 Å². The molecule has 0 aromatic carbocycles. The smallest absolute Gasteiger partial charge is 0.302 e. The quantitative estimate of drug-likeness (QED) is 0.834. The number of aromatic nitrogens is 2. The van der Waals surface area contributed by atoms with Crippen LogP contribution in [0.5, 0.6) is 6.01 Å². The summed E-state index contributed by atoms with van der Waals surface area (Å²) in [4.78, 5) is 15.0. The van der Waals surface area contributed by atoms with Gasteiger partial charge in [-0.1, -0.05) is 6.92 Å². The Morgan fingerprint density at radius 1 is 1.61 bits per heavy atom. The molecule has 0 radical (unpaired) electrons. The maximum absolute atomic E-state index is 11.2. The highest BCUT2D eigenvalue weighted by Crippen LogP contribution is 2.43. The Balaban J connectivity index is 1.92. The van der Waals surface area contributed by atoms with Crippen LogP contribution in [0.1, 0.15) is 13.2 Å². The van der Waals surface area contributed by atoms with Gasteiger partial charge in [0.1, 0.15) is 0 Å². The summed E-state index contributed by atoms with van der Waals surface area (Å²) in [5.41, 5.74) is -0.320. The molecule has 3 rings (SSSR count). The lowest BCUT2D eigenvalue weighted by molar-refractivity contribution is -0.0251.